The molecule has 1 aliphatic heterocycles. The Bertz CT molecular complexity index is 599. The first-order chi connectivity index (χ1) is 9.72. The van der Waals surface area contributed by atoms with Crippen molar-refractivity contribution in [2.24, 2.45) is 0 Å². The van der Waals surface area contributed by atoms with Gasteiger partial charge in [-0.15, -0.1) is 11.8 Å². The van der Waals surface area contributed by atoms with E-state index in [2.05, 4.69) is 48.3 Å². The van der Waals surface area contributed by atoms with Gasteiger partial charge in [0.15, 0.2) is 0 Å². The van der Waals surface area contributed by atoms with Crippen LogP contribution in [-0.4, -0.2) is 24.2 Å². The van der Waals surface area contributed by atoms with Crippen LogP contribution < -0.4 is 0 Å². The normalized spacial score (nSPS) is 17.4. The van der Waals surface area contributed by atoms with Gasteiger partial charge in [-0.2, -0.15) is 0 Å². The van der Waals surface area contributed by atoms with Gasteiger partial charge >= 0.3 is 0 Å². The Morgan fingerprint density at radius 1 is 1.20 bits per heavy atom. The molecule has 1 aliphatic rings. The van der Waals surface area contributed by atoms with E-state index in [0.717, 1.165) is 18.1 Å². The summed E-state index contributed by atoms with van der Waals surface area (Å²) in [5.41, 5.74) is 2.79. The van der Waals surface area contributed by atoms with Gasteiger partial charge in [0, 0.05) is 34.7 Å². The average molecular weight is 304 g/mol. The summed E-state index contributed by atoms with van der Waals surface area (Å²) in [4.78, 5) is 3.84. The Morgan fingerprint density at radius 3 is 2.90 bits per heavy atom. The number of rotatable bonds is 4. The second kappa shape index (κ2) is 6.21. The monoisotopic (exact) mass is 303 g/mol. The molecule has 104 valence electrons. The Balaban J connectivity index is 1.64. The molecule has 1 nitrogen and oxygen atoms in total. The van der Waals surface area contributed by atoms with Crippen LogP contribution in [-0.2, 0) is 6.54 Å². The molecule has 0 saturated heterocycles. The van der Waals surface area contributed by atoms with Crippen LogP contribution in [0.15, 0.2) is 53.4 Å². The van der Waals surface area contributed by atoms with E-state index >= 15 is 0 Å². The van der Waals surface area contributed by atoms with E-state index in [-0.39, 0.29) is 0 Å². The van der Waals surface area contributed by atoms with Crippen molar-refractivity contribution >= 4 is 23.4 Å². The second-order valence-electron chi connectivity index (χ2n) is 5.37. The first-order valence-corrected chi connectivity index (χ1v) is 8.23. The van der Waals surface area contributed by atoms with Gasteiger partial charge in [0.1, 0.15) is 0 Å². The van der Waals surface area contributed by atoms with Crippen LogP contribution in [0.4, 0.5) is 0 Å². The van der Waals surface area contributed by atoms with Crippen molar-refractivity contribution in [2.45, 2.75) is 17.4 Å². The quantitative estimate of drug-likeness (QED) is 0.808. The number of nitrogens with zero attached hydrogens (tertiary/aromatic N) is 1. The standard InChI is InChI=1S/C17H18ClNS/c1-19(10-13-5-4-6-15(18)9-13)11-14-12-20-17-8-3-2-7-16(14)17/h2-9,14H,10-12H2,1H3. The van der Waals surface area contributed by atoms with E-state index in [4.69, 9.17) is 11.6 Å². The molecule has 0 aliphatic carbocycles. The number of fused-ring (bicyclic) bond motifs is 1. The van der Waals surface area contributed by atoms with Crippen molar-refractivity contribution in [1.29, 1.82) is 0 Å². The zero-order chi connectivity index (χ0) is 13.9. The summed E-state index contributed by atoms with van der Waals surface area (Å²) >= 11 is 8.02. The minimum Gasteiger partial charge on any atom is -0.301 e. The molecule has 0 N–H and O–H groups in total. The summed E-state index contributed by atoms with van der Waals surface area (Å²) in [7, 11) is 2.19. The first kappa shape index (κ1) is 14.0. The highest BCUT2D eigenvalue weighted by atomic mass is 35.5. The van der Waals surface area contributed by atoms with E-state index in [1.165, 1.54) is 21.8 Å². The highest BCUT2D eigenvalue weighted by Gasteiger charge is 2.23. The van der Waals surface area contributed by atoms with Gasteiger partial charge in [-0.25, -0.2) is 0 Å². The average Bonchev–Trinajstić information content (AvgIpc) is 2.82. The number of likely N-dealkylation sites (N-methyl/N-ethyl adjacent to an activating group) is 1. The lowest BCUT2D eigenvalue weighted by molar-refractivity contribution is 0.311. The molecule has 3 heteroatoms. The SMILES string of the molecule is CN(Cc1cccc(Cl)c1)CC1CSc2ccccc21. The summed E-state index contributed by atoms with van der Waals surface area (Å²) in [6.45, 7) is 2.04. The molecule has 3 rings (SSSR count). The van der Waals surface area contributed by atoms with Crippen LogP contribution in [0, 0.1) is 0 Å². The van der Waals surface area contributed by atoms with Crippen LogP contribution in [0.3, 0.4) is 0 Å². The summed E-state index contributed by atoms with van der Waals surface area (Å²) in [5.74, 6) is 1.83. The zero-order valence-electron chi connectivity index (χ0n) is 11.6. The smallest absolute Gasteiger partial charge is 0.0409 e. The predicted octanol–water partition coefficient (Wildman–Crippen LogP) is 4.66. The lowest BCUT2D eigenvalue weighted by atomic mass is 10.0. The molecule has 1 unspecified atom stereocenters. The first-order valence-electron chi connectivity index (χ1n) is 6.87. The number of hydrogen-bond acceptors (Lipinski definition) is 2. The number of benzene rings is 2. The van der Waals surface area contributed by atoms with Gasteiger partial charge in [-0.3, -0.25) is 0 Å². The molecule has 0 bridgehead atoms. The van der Waals surface area contributed by atoms with Gasteiger partial charge < -0.3 is 4.90 Å². The topological polar surface area (TPSA) is 3.24 Å². The van der Waals surface area contributed by atoms with Crippen LogP contribution in [0.5, 0.6) is 0 Å². The minimum absolute atomic E-state index is 0.639. The van der Waals surface area contributed by atoms with Gasteiger partial charge in [0.25, 0.3) is 0 Å². The third-order valence-corrected chi connectivity index (χ3v) is 5.16. The maximum atomic E-state index is 6.04. The van der Waals surface area contributed by atoms with E-state index in [1.807, 2.05) is 23.9 Å². The van der Waals surface area contributed by atoms with Crippen molar-refractivity contribution in [3.05, 3.63) is 64.7 Å². The highest BCUT2D eigenvalue weighted by Crippen LogP contribution is 2.39. The summed E-state index contributed by atoms with van der Waals surface area (Å²) in [6.07, 6.45) is 0. The molecule has 0 amide bonds. The van der Waals surface area contributed by atoms with Crippen LogP contribution in [0.1, 0.15) is 17.0 Å². The Morgan fingerprint density at radius 2 is 2.05 bits per heavy atom. The van der Waals surface area contributed by atoms with Crippen molar-refractivity contribution in [2.75, 3.05) is 19.3 Å². The Kier molecular flexibility index (Phi) is 4.35. The number of halogens is 1. The van der Waals surface area contributed by atoms with Crippen LogP contribution >= 0.6 is 23.4 Å². The molecule has 2 aromatic rings. The van der Waals surface area contributed by atoms with Crippen molar-refractivity contribution in [3.63, 3.8) is 0 Å². The summed E-state index contributed by atoms with van der Waals surface area (Å²) < 4.78 is 0. The third-order valence-electron chi connectivity index (χ3n) is 3.67. The zero-order valence-corrected chi connectivity index (χ0v) is 13.1. The molecule has 1 heterocycles. The lowest BCUT2D eigenvalue weighted by Gasteiger charge is -2.21. The molecule has 0 aromatic heterocycles. The molecule has 0 fully saturated rings. The lowest BCUT2D eigenvalue weighted by Crippen LogP contribution is -2.24. The van der Waals surface area contributed by atoms with Gasteiger partial charge in [0.05, 0.1) is 0 Å². The van der Waals surface area contributed by atoms with E-state index in [1.54, 1.807) is 0 Å². The largest absolute Gasteiger partial charge is 0.301 e. The maximum Gasteiger partial charge on any atom is 0.0409 e. The molecule has 2 aromatic carbocycles. The highest BCUT2D eigenvalue weighted by molar-refractivity contribution is 7.99. The molecule has 0 saturated carbocycles. The molecule has 1 atom stereocenters. The molecular formula is C17H18ClNS. The maximum absolute atomic E-state index is 6.04. The molecule has 0 radical (unpaired) electrons. The van der Waals surface area contributed by atoms with Crippen LogP contribution in [0.25, 0.3) is 0 Å². The fourth-order valence-corrected chi connectivity index (χ4v) is 4.22. The van der Waals surface area contributed by atoms with E-state index in [0.29, 0.717) is 5.92 Å². The number of hydrogen-bond donors (Lipinski definition) is 0. The molecule has 20 heavy (non-hydrogen) atoms. The van der Waals surface area contributed by atoms with E-state index < -0.39 is 0 Å². The van der Waals surface area contributed by atoms with Crippen molar-refractivity contribution < 1.29 is 0 Å². The number of thioether (sulfide) groups is 1. The van der Waals surface area contributed by atoms with E-state index in [9.17, 15) is 0 Å². The van der Waals surface area contributed by atoms with Gasteiger partial charge in [0.2, 0.25) is 0 Å². The predicted molar refractivity (Wildman–Crippen MR) is 87.7 cm³/mol. The third kappa shape index (κ3) is 3.20. The van der Waals surface area contributed by atoms with Crippen molar-refractivity contribution in [1.82, 2.24) is 4.90 Å². The van der Waals surface area contributed by atoms with Gasteiger partial charge in [-0.1, -0.05) is 41.9 Å². The summed E-state index contributed by atoms with van der Waals surface area (Å²) in [6, 6.07) is 16.9. The van der Waals surface area contributed by atoms with Crippen LogP contribution in [0.2, 0.25) is 5.02 Å². The molecule has 0 spiro atoms. The Labute approximate surface area is 129 Å². The fourth-order valence-electron chi connectivity index (χ4n) is 2.77. The fraction of sp³-hybridized carbons (Fsp3) is 0.294. The minimum atomic E-state index is 0.639. The van der Waals surface area contributed by atoms with Gasteiger partial charge in [-0.05, 0) is 36.4 Å². The Hall–Kier alpha value is -0.960. The second-order valence-corrected chi connectivity index (χ2v) is 6.87. The molecular weight excluding hydrogens is 286 g/mol. The summed E-state index contributed by atoms with van der Waals surface area (Å²) in [5, 5.41) is 0.817. The van der Waals surface area contributed by atoms with Crippen molar-refractivity contribution in [3.8, 4) is 0 Å².